The number of aryl methyl sites for hydroxylation is 1. The Labute approximate surface area is 194 Å². The number of benzene rings is 2. The van der Waals surface area contributed by atoms with Gasteiger partial charge in [0.05, 0.1) is 6.54 Å². The minimum Gasteiger partial charge on any atom is -0.322 e. The summed E-state index contributed by atoms with van der Waals surface area (Å²) in [5, 5.41) is 2.25. The first-order chi connectivity index (χ1) is 16.2. The summed E-state index contributed by atoms with van der Waals surface area (Å²) in [4.78, 5) is 53.6. The van der Waals surface area contributed by atoms with Crippen molar-refractivity contribution in [3.63, 3.8) is 0 Å². The summed E-state index contributed by atoms with van der Waals surface area (Å²) >= 11 is 0. The average Bonchev–Trinajstić information content (AvgIpc) is 3.31. The molecule has 2 aromatic rings. The van der Waals surface area contributed by atoms with Crippen LogP contribution in [0.25, 0.3) is 0 Å². The van der Waals surface area contributed by atoms with E-state index < -0.39 is 30.4 Å². The molecule has 0 bridgehead atoms. The van der Waals surface area contributed by atoms with Crippen LogP contribution in [0.1, 0.15) is 34.3 Å². The van der Waals surface area contributed by atoms with E-state index in [1.807, 2.05) is 6.92 Å². The number of fused-ring (bicyclic) bond motifs is 1. The van der Waals surface area contributed by atoms with Gasteiger partial charge >= 0.3 is 6.03 Å². The number of hydrogen-bond donors (Lipinski definition) is 1. The molecule has 0 radical (unpaired) electrons. The highest BCUT2D eigenvalue weighted by Gasteiger charge is 2.45. The Hall–Kier alpha value is -3.82. The zero-order valence-corrected chi connectivity index (χ0v) is 18.3. The third kappa shape index (κ3) is 3.59. The molecule has 8 nitrogen and oxygen atoms in total. The van der Waals surface area contributed by atoms with E-state index in [0.29, 0.717) is 22.5 Å². The number of hydrogen-bond acceptors (Lipinski definition) is 4. The van der Waals surface area contributed by atoms with Crippen LogP contribution in [0.3, 0.4) is 0 Å². The van der Waals surface area contributed by atoms with Crippen molar-refractivity contribution in [2.45, 2.75) is 44.8 Å². The lowest BCUT2D eigenvalue weighted by Crippen LogP contribution is -2.52. The molecule has 10 heteroatoms. The van der Waals surface area contributed by atoms with Crippen molar-refractivity contribution in [2.24, 2.45) is 0 Å². The number of piperidine rings is 1. The molecule has 0 aromatic heterocycles. The van der Waals surface area contributed by atoms with Crippen molar-refractivity contribution < 1.29 is 28.0 Å². The SMILES string of the molecule is Cc1ccc(N2C(=O)N(c3ccc4c(c3)CN(C3CCC(=O)NC3=O)C4=O)C[C@@H]2C(F)F)cc1. The van der Waals surface area contributed by atoms with Crippen LogP contribution >= 0.6 is 0 Å². The first kappa shape index (κ1) is 22.0. The molecular weight excluding hydrogens is 446 g/mol. The van der Waals surface area contributed by atoms with Crippen LogP contribution < -0.4 is 15.1 Å². The maximum atomic E-state index is 13.9. The molecule has 3 heterocycles. The minimum atomic E-state index is -2.74. The van der Waals surface area contributed by atoms with E-state index in [1.165, 1.54) is 9.80 Å². The molecule has 34 heavy (non-hydrogen) atoms. The van der Waals surface area contributed by atoms with Gasteiger partial charge in [0, 0.05) is 29.9 Å². The molecule has 2 atom stereocenters. The number of alkyl halides is 2. The number of nitrogens with one attached hydrogen (secondary N) is 1. The van der Waals surface area contributed by atoms with Crippen molar-refractivity contribution in [2.75, 3.05) is 16.3 Å². The Morgan fingerprint density at radius 2 is 1.71 bits per heavy atom. The summed E-state index contributed by atoms with van der Waals surface area (Å²) in [6, 6.07) is 8.92. The lowest BCUT2D eigenvalue weighted by molar-refractivity contribution is -0.136. The number of nitrogens with zero attached hydrogens (tertiary/aromatic N) is 3. The van der Waals surface area contributed by atoms with Gasteiger partial charge in [-0.1, -0.05) is 17.7 Å². The number of amides is 5. The van der Waals surface area contributed by atoms with Gasteiger partial charge in [-0.05, 0) is 49.2 Å². The second kappa shape index (κ2) is 8.19. The van der Waals surface area contributed by atoms with Crippen LogP contribution in [0.2, 0.25) is 0 Å². The number of anilines is 2. The van der Waals surface area contributed by atoms with Crippen molar-refractivity contribution in [1.29, 1.82) is 0 Å². The normalized spacial score (nSPS) is 22.6. The molecule has 3 aliphatic heterocycles. The summed E-state index contributed by atoms with van der Waals surface area (Å²) in [5.41, 5.74) is 2.73. The van der Waals surface area contributed by atoms with Crippen LogP contribution in [0.5, 0.6) is 0 Å². The van der Waals surface area contributed by atoms with Crippen molar-refractivity contribution >= 4 is 35.1 Å². The van der Waals surface area contributed by atoms with Crippen LogP contribution in [0, 0.1) is 6.92 Å². The number of urea groups is 1. The average molecular weight is 468 g/mol. The maximum Gasteiger partial charge on any atom is 0.329 e. The van der Waals surface area contributed by atoms with Gasteiger partial charge in [-0.2, -0.15) is 0 Å². The Kier molecular flexibility index (Phi) is 5.30. The largest absolute Gasteiger partial charge is 0.329 e. The van der Waals surface area contributed by atoms with Crippen molar-refractivity contribution in [1.82, 2.24) is 10.2 Å². The smallest absolute Gasteiger partial charge is 0.322 e. The Morgan fingerprint density at radius 1 is 1.00 bits per heavy atom. The molecule has 0 spiro atoms. The molecule has 0 saturated carbocycles. The molecule has 5 amide bonds. The van der Waals surface area contributed by atoms with Gasteiger partial charge in [0.1, 0.15) is 12.1 Å². The van der Waals surface area contributed by atoms with Crippen LogP contribution in [-0.2, 0) is 16.1 Å². The second-order valence-electron chi connectivity index (χ2n) is 8.74. The summed E-state index contributed by atoms with van der Waals surface area (Å²) < 4.78 is 27.8. The lowest BCUT2D eigenvalue weighted by atomic mass is 10.0. The molecule has 1 N–H and O–H groups in total. The van der Waals surface area contributed by atoms with Crippen LogP contribution in [0.4, 0.5) is 25.0 Å². The Balaban J connectivity index is 1.41. The first-order valence-corrected chi connectivity index (χ1v) is 11.0. The molecule has 176 valence electrons. The fourth-order valence-corrected chi connectivity index (χ4v) is 4.76. The quantitative estimate of drug-likeness (QED) is 0.699. The summed E-state index contributed by atoms with van der Waals surface area (Å²) in [7, 11) is 0. The number of rotatable bonds is 4. The monoisotopic (exact) mass is 468 g/mol. The maximum absolute atomic E-state index is 13.9. The Bertz CT molecular complexity index is 1200. The predicted octanol–water partition coefficient (Wildman–Crippen LogP) is 2.84. The molecular formula is C24H22F2N4O4. The highest BCUT2D eigenvalue weighted by atomic mass is 19.3. The minimum absolute atomic E-state index is 0.135. The number of carbonyl (C=O) groups excluding carboxylic acids is 4. The Morgan fingerprint density at radius 3 is 2.38 bits per heavy atom. The molecule has 3 aliphatic rings. The van der Waals surface area contributed by atoms with Crippen LogP contribution in [-0.4, -0.2) is 53.7 Å². The zero-order valence-electron chi connectivity index (χ0n) is 18.3. The van der Waals surface area contributed by atoms with E-state index >= 15 is 0 Å². The van der Waals surface area contributed by atoms with Gasteiger partial charge in [0.25, 0.3) is 12.3 Å². The molecule has 2 aromatic carbocycles. The topological polar surface area (TPSA) is 90.0 Å². The molecule has 2 fully saturated rings. The van der Waals surface area contributed by atoms with E-state index in [1.54, 1.807) is 42.5 Å². The predicted molar refractivity (Wildman–Crippen MR) is 119 cm³/mol. The second-order valence-corrected chi connectivity index (χ2v) is 8.74. The highest BCUT2D eigenvalue weighted by molar-refractivity contribution is 6.08. The molecule has 1 unspecified atom stereocenters. The van der Waals surface area contributed by atoms with Crippen LogP contribution in [0.15, 0.2) is 42.5 Å². The summed E-state index contributed by atoms with van der Waals surface area (Å²) in [6.45, 7) is 1.81. The van der Waals surface area contributed by atoms with Gasteiger partial charge in [-0.25, -0.2) is 13.6 Å². The van der Waals surface area contributed by atoms with Crippen molar-refractivity contribution in [3.05, 3.63) is 59.2 Å². The summed E-state index contributed by atoms with van der Waals surface area (Å²) in [6.07, 6.45) is -2.36. The molecule has 2 saturated heterocycles. The molecule has 5 rings (SSSR count). The van der Waals surface area contributed by atoms with E-state index in [9.17, 15) is 28.0 Å². The van der Waals surface area contributed by atoms with E-state index in [-0.39, 0.29) is 37.7 Å². The van der Waals surface area contributed by atoms with E-state index in [0.717, 1.165) is 10.5 Å². The molecule has 0 aliphatic carbocycles. The standard InChI is InChI=1S/C24H22F2N4O4/c1-13-2-4-15(5-3-13)30-19(21(25)26)12-28(24(30)34)16-6-7-17-14(10-16)11-29(23(17)33)18-8-9-20(31)27-22(18)32/h2-7,10,18-19,21H,8-9,11-12H2,1H3,(H,27,31,32)/t18?,19-/m1/s1. The summed E-state index contributed by atoms with van der Waals surface area (Å²) in [5.74, 6) is -1.22. The zero-order chi connectivity index (χ0) is 24.1. The third-order valence-electron chi connectivity index (χ3n) is 6.56. The lowest BCUT2D eigenvalue weighted by Gasteiger charge is -2.29. The van der Waals surface area contributed by atoms with Crippen molar-refractivity contribution in [3.8, 4) is 0 Å². The number of halogens is 2. The van der Waals surface area contributed by atoms with E-state index in [4.69, 9.17) is 0 Å². The third-order valence-corrected chi connectivity index (χ3v) is 6.56. The fraction of sp³-hybridized carbons (Fsp3) is 0.333. The first-order valence-electron chi connectivity index (χ1n) is 11.0. The van der Waals surface area contributed by atoms with Gasteiger partial charge in [-0.15, -0.1) is 0 Å². The van der Waals surface area contributed by atoms with E-state index in [2.05, 4.69) is 5.32 Å². The van der Waals surface area contributed by atoms with Gasteiger partial charge in [-0.3, -0.25) is 29.5 Å². The number of imide groups is 1. The van der Waals surface area contributed by atoms with Gasteiger partial charge in [0.15, 0.2) is 0 Å². The number of carbonyl (C=O) groups is 4. The van der Waals surface area contributed by atoms with Gasteiger partial charge in [0.2, 0.25) is 11.8 Å². The van der Waals surface area contributed by atoms with Gasteiger partial charge < -0.3 is 4.90 Å². The fourth-order valence-electron chi connectivity index (χ4n) is 4.76. The highest BCUT2D eigenvalue weighted by Crippen LogP contribution is 2.35.